The first-order valence-electron chi connectivity index (χ1n) is 24.0. The van der Waals surface area contributed by atoms with Crippen molar-refractivity contribution in [3.05, 3.63) is 0 Å². The van der Waals surface area contributed by atoms with E-state index in [4.69, 9.17) is 33.2 Å². The van der Waals surface area contributed by atoms with Crippen molar-refractivity contribution in [1.82, 2.24) is 0 Å². The maximum absolute atomic E-state index is 12.7. The average molecular weight is 937 g/mol. The summed E-state index contributed by atoms with van der Waals surface area (Å²) < 4.78 is 42.9. The number of aliphatic hydroxyl groups is 13. The van der Waals surface area contributed by atoms with Gasteiger partial charge in [0.25, 0.3) is 0 Å². The highest BCUT2D eigenvalue weighted by Gasteiger charge is 2.76. The van der Waals surface area contributed by atoms with Crippen molar-refractivity contribution >= 4 is 0 Å². The number of hydrogen-bond donors (Lipinski definition) is 13. The van der Waals surface area contributed by atoms with Crippen molar-refractivity contribution in [3.63, 3.8) is 0 Å². The highest BCUT2D eigenvalue weighted by molar-refractivity contribution is 5.18. The maximum Gasteiger partial charge on any atom is 0.190 e. The molecule has 1 unspecified atom stereocenters. The van der Waals surface area contributed by atoms with E-state index < -0.39 is 141 Å². The van der Waals surface area contributed by atoms with Gasteiger partial charge in [-0.05, 0) is 91.8 Å². The average Bonchev–Trinajstić information content (AvgIpc) is 3.66. The third-order valence-corrected chi connectivity index (χ3v) is 18.0. The summed E-state index contributed by atoms with van der Waals surface area (Å²) in [5.74, 6) is -3.56. The van der Waals surface area contributed by atoms with Gasteiger partial charge in [0.2, 0.25) is 0 Å². The molecule has 20 nitrogen and oxygen atoms in total. The Balaban J connectivity index is 1.06. The van der Waals surface area contributed by atoms with Gasteiger partial charge in [-0.25, -0.2) is 0 Å². The van der Waals surface area contributed by atoms with Crippen LogP contribution in [0.15, 0.2) is 0 Å². The minimum Gasteiger partial charge on any atom is -0.394 e. The van der Waals surface area contributed by atoms with Crippen LogP contribution in [0.1, 0.15) is 91.9 Å². The first kappa shape index (κ1) is 50.6. The third kappa shape index (κ3) is 8.67. The fraction of sp³-hybridized carbons (Fsp3) is 1.00. The summed E-state index contributed by atoms with van der Waals surface area (Å²) >= 11 is 0. The fourth-order valence-corrected chi connectivity index (χ4v) is 14.3. The Morgan fingerprint density at radius 2 is 1.23 bits per heavy atom. The molecule has 4 saturated heterocycles. The third-order valence-electron chi connectivity index (χ3n) is 18.0. The number of fused-ring (bicyclic) bond motifs is 7. The second kappa shape index (κ2) is 19.1. The van der Waals surface area contributed by atoms with Gasteiger partial charge in [-0.15, -0.1) is 0 Å². The van der Waals surface area contributed by atoms with Crippen LogP contribution in [0, 0.1) is 52.3 Å². The van der Waals surface area contributed by atoms with Crippen LogP contribution < -0.4 is 0 Å². The minimum atomic E-state index is -1.86. The van der Waals surface area contributed by atoms with Crippen LogP contribution in [0.2, 0.25) is 0 Å². The maximum atomic E-state index is 12.7. The van der Waals surface area contributed by atoms with Gasteiger partial charge in [-0.1, -0.05) is 27.7 Å². The van der Waals surface area contributed by atoms with Crippen molar-refractivity contribution < 1.29 is 99.5 Å². The predicted molar refractivity (Wildman–Crippen MR) is 220 cm³/mol. The molecule has 8 fully saturated rings. The summed E-state index contributed by atoms with van der Waals surface area (Å²) in [6, 6.07) is 0. The van der Waals surface area contributed by atoms with Crippen LogP contribution in [-0.4, -0.2) is 203 Å². The van der Waals surface area contributed by atoms with Gasteiger partial charge in [0.05, 0.1) is 32.5 Å². The van der Waals surface area contributed by atoms with E-state index >= 15 is 0 Å². The number of rotatable bonds is 13. The van der Waals surface area contributed by atoms with Crippen molar-refractivity contribution in [2.45, 2.75) is 202 Å². The summed E-state index contributed by atoms with van der Waals surface area (Å²) in [6.07, 6.45) is -17.3. The van der Waals surface area contributed by atoms with Crippen LogP contribution >= 0.6 is 0 Å². The summed E-state index contributed by atoms with van der Waals surface area (Å²) in [5, 5.41) is 139. The molecule has 8 aliphatic rings. The lowest BCUT2D eigenvalue weighted by Crippen LogP contribution is -2.65. The molecule has 4 saturated carbocycles. The molecule has 4 aliphatic carbocycles. The highest BCUT2D eigenvalue weighted by Crippen LogP contribution is 2.74. The number of aliphatic hydroxyl groups excluding tert-OH is 12. The molecular formula is C45H76O20. The Morgan fingerprint density at radius 3 is 1.88 bits per heavy atom. The SMILES string of the molecule is C[C@@H](CC[C@@]1(O)OC2(O[C@@H]3O[C@H](CO)[C@@H](O)[C@H](O[C@@H]4O[C@H](CO)[C@@H](O)[C@H](O)[C@H]4O)[C@H]3O)C[C@H]3[C@@H]4CC[C@@H]5C[C@@H](O)CC[C@]5(C)[C@H]4CC[C@]3(C)[C@H]2[C@@H]1C)CO[C@@H]1O[C@H](CO)[C@H](O)[C@H](O)[C@H]1O. The molecule has 13 N–H and O–H groups in total. The zero-order valence-corrected chi connectivity index (χ0v) is 37.9. The van der Waals surface area contributed by atoms with Crippen molar-refractivity contribution in [2.75, 3.05) is 26.4 Å². The van der Waals surface area contributed by atoms with E-state index in [9.17, 15) is 66.4 Å². The van der Waals surface area contributed by atoms with Crippen LogP contribution in [0.4, 0.5) is 0 Å². The van der Waals surface area contributed by atoms with Gasteiger partial charge in [-0.2, -0.15) is 0 Å². The molecule has 0 aromatic rings. The van der Waals surface area contributed by atoms with E-state index in [1.807, 2.05) is 13.8 Å². The molecule has 0 amide bonds. The molecule has 4 aliphatic heterocycles. The quantitative estimate of drug-likeness (QED) is 0.0911. The lowest BCUT2D eigenvalue weighted by atomic mass is 9.44. The zero-order valence-electron chi connectivity index (χ0n) is 37.9. The van der Waals surface area contributed by atoms with Crippen molar-refractivity contribution in [2.24, 2.45) is 52.3 Å². The first-order valence-corrected chi connectivity index (χ1v) is 24.0. The van der Waals surface area contributed by atoms with Gasteiger partial charge in [0.1, 0.15) is 73.2 Å². The van der Waals surface area contributed by atoms with Gasteiger partial charge in [-0.3, -0.25) is 0 Å². The Morgan fingerprint density at radius 1 is 0.646 bits per heavy atom. The molecule has 8 rings (SSSR count). The summed E-state index contributed by atoms with van der Waals surface area (Å²) in [6.45, 7) is 6.32. The fourth-order valence-electron chi connectivity index (χ4n) is 14.3. The van der Waals surface area contributed by atoms with E-state index in [-0.39, 0.29) is 42.3 Å². The highest BCUT2D eigenvalue weighted by atomic mass is 16.8. The summed E-state index contributed by atoms with van der Waals surface area (Å²) in [5.41, 5.74) is -0.402. The molecule has 0 radical (unpaired) electrons. The van der Waals surface area contributed by atoms with E-state index in [1.54, 1.807) is 0 Å². The Kier molecular flexibility index (Phi) is 14.8. The van der Waals surface area contributed by atoms with Crippen molar-refractivity contribution in [3.8, 4) is 0 Å². The van der Waals surface area contributed by atoms with Crippen LogP contribution in [0.5, 0.6) is 0 Å². The van der Waals surface area contributed by atoms with Gasteiger partial charge in [0.15, 0.2) is 30.4 Å². The van der Waals surface area contributed by atoms with Crippen LogP contribution in [0.3, 0.4) is 0 Å². The molecule has 0 aromatic carbocycles. The molecule has 65 heavy (non-hydrogen) atoms. The molecule has 0 aromatic heterocycles. The van der Waals surface area contributed by atoms with E-state index in [1.165, 1.54) is 0 Å². The second-order valence-electron chi connectivity index (χ2n) is 21.7. The molecule has 20 heteroatoms. The molecule has 0 spiro atoms. The topological polar surface area (TPSA) is 328 Å². The molecule has 4 heterocycles. The van der Waals surface area contributed by atoms with Crippen LogP contribution in [-0.2, 0) is 33.2 Å². The van der Waals surface area contributed by atoms with E-state index in [2.05, 4.69) is 13.8 Å². The summed E-state index contributed by atoms with van der Waals surface area (Å²) in [4.78, 5) is 0. The van der Waals surface area contributed by atoms with E-state index in [0.29, 0.717) is 24.7 Å². The smallest absolute Gasteiger partial charge is 0.190 e. The van der Waals surface area contributed by atoms with Crippen molar-refractivity contribution in [1.29, 1.82) is 0 Å². The largest absolute Gasteiger partial charge is 0.394 e. The van der Waals surface area contributed by atoms with Crippen LogP contribution in [0.25, 0.3) is 0 Å². The molecule has 0 bridgehead atoms. The van der Waals surface area contributed by atoms with Gasteiger partial charge >= 0.3 is 0 Å². The second-order valence-corrected chi connectivity index (χ2v) is 21.7. The Hall–Kier alpha value is -0.800. The molecular weight excluding hydrogens is 860 g/mol. The minimum absolute atomic E-state index is 0.0146. The first-order chi connectivity index (χ1) is 30.7. The molecule has 376 valence electrons. The number of hydrogen-bond acceptors (Lipinski definition) is 20. The Labute approximate surface area is 379 Å². The monoisotopic (exact) mass is 936 g/mol. The standard InChI is InChI=1S/C45H76O20/c1-19(18-59-39-34(55)32(53)29(50)26(15-46)60-39)7-12-44(58)20(2)38-43(4)11-9-24-23(6-5-21-13-22(49)8-10-42(21,24)3)25(43)14-45(38,65-44)64-41-36(57)37(31(52)28(17-48)62-41)63-40-35(56)33(54)30(51)27(16-47)61-40/h19-41,46-58H,5-18H2,1-4H3/t19-,20-,21+,22-,23+,24-,25-,26+,27+,28+,29-,30+,31+,32-,33-,34+,35+,36+,37-,38+,39+,40-,41-,42-,43-,44+,45?/m0/s1. The summed E-state index contributed by atoms with van der Waals surface area (Å²) in [7, 11) is 0. The lowest BCUT2D eigenvalue weighted by molar-refractivity contribution is -0.406. The van der Waals surface area contributed by atoms with E-state index in [0.717, 1.165) is 44.9 Å². The zero-order chi connectivity index (χ0) is 47.1. The predicted octanol–water partition coefficient (Wildman–Crippen LogP) is -2.46. The number of ether oxygens (including phenoxy) is 7. The molecule has 27 atom stereocenters. The van der Waals surface area contributed by atoms with Gasteiger partial charge in [0, 0.05) is 24.7 Å². The lowest BCUT2D eigenvalue weighted by Gasteiger charge is -2.61. The Bertz CT molecular complexity index is 1610. The normalized spacial score (nSPS) is 56.1. The van der Waals surface area contributed by atoms with Gasteiger partial charge < -0.3 is 99.5 Å².